The average molecular weight is 361 g/mol. The molecule has 0 radical (unpaired) electrons. The number of rotatable bonds is 6. The Bertz CT molecular complexity index is 805. The second-order valence-corrected chi connectivity index (χ2v) is 6.58. The smallest absolute Gasteiger partial charge is 0.172 e. The third-order valence-electron chi connectivity index (χ3n) is 3.56. The summed E-state index contributed by atoms with van der Waals surface area (Å²) in [6.45, 7) is 0. The van der Waals surface area contributed by atoms with Crippen molar-refractivity contribution in [1.82, 2.24) is 9.55 Å². The van der Waals surface area contributed by atoms with E-state index in [4.69, 9.17) is 16.3 Å². The highest BCUT2D eigenvalue weighted by Crippen LogP contribution is 2.27. The summed E-state index contributed by atoms with van der Waals surface area (Å²) in [5.74, 6) is 1.29. The van der Waals surface area contributed by atoms with Gasteiger partial charge in [-0.05, 0) is 29.8 Å². The van der Waals surface area contributed by atoms with Gasteiger partial charge in [-0.3, -0.25) is 4.57 Å². The Hall–Kier alpha value is -1.95. The zero-order valence-electron chi connectivity index (χ0n) is 13.1. The zero-order chi connectivity index (χ0) is 16.9. The number of imidazole rings is 1. The first kappa shape index (κ1) is 16.9. The van der Waals surface area contributed by atoms with E-state index in [9.17, 15) is 5.11 Å². The number of aliphatic hydroxyl groups is 1. The molecular formula is C18H17ClN2O2S. The van der Waals surface area contributed by atoms with Gasteiger partial charge in [-0.15, -0.1) is 0 Å². The summed E-state index contributed by atoms with van der Waals surface area (Å²) in [6.07, 6.45) is 3.06. The number of hydrogen-bond donors (Lipinski definition) is 1. The number of hydrogen-bond acceptors (Lipinski definition) is 4. The molecule has 0 saturated heterocycles. The molecule has 1 aromatic heterocycles. The van der Waals surface area contributed by atoms with Crippen LogP contribution in [-0.2, 0) is 0 Å². The third kappa shape index (κ3) is 3.93. The highest BCUT2D eigenvalue weighted by molar-refractivity contribution is 7.99. The molecule has 24 heavy (non-hydrogen) atoms. The minimum Gasteiger partial charge on any atom is -0.497 e. The van der Waals surface area contributed by atoms with Crippen LogP contribution in [-0.4, -0.2) is 27.5 Å². The number of ether oxygens (including phenoxy) is 1. The molecule has 0 amide bonds. The van der Waals surface area contributed by atoms with Gasteiger partial charge in [0.25, 0.3) is 0 Å². The van der Waals surface area contributed by atoms with E-state index < -0.39 is 6.10 Å². The van der Waals surface area contributed by atoms with Crippen LogP contribution in [0.4, 0.5) is 0 Å². The Kier molecular flexibility index (Phi) is 5.45. The van der Waals surface area contributed by atoms with E-state index in [2.05, 4.69) is 4.98 Å². The number of aliphatic hydroxyl groups excluding tert-OH is 1. The lowest BCUT2D eigenvalue weighted by Crippen LogP contribution is -2.02. The molecule has 0 aliphatic heterocycles. The Balaban J connectivity index is 1.72. The van der Waals surface area contributed by atoms with Crippen LogP contribution < -0.4 is 4.74 Å². The molecule has 1 atom stereocenters. The van der Waals surface area contributed by atoms with Gasteiger partial charge in [0.1, 0.15) is 5.75 Å². The maximum Gasteiger partial charge on any atom is 0.172 e. The number of benzene rings is 2. The average Bonchev–Trinajstić information content (AvgIpc) is 3.09. The fourth-order valence-electron chi connectivity index (χ4n) is 2.29. The van der Waals surface area contributed by atoms with Crippen molar-refractivity contribution in [2.75, 3.05) is 12.9 Å². The largest absolute Gasteiger partial charge is 0.497 e. The topological polar surface area (TPSA) is 47.3 Å². The number of nitrogens with zero attached hydrogens (tertiary/aromatic N) is 2. The lowest BCUT2D eigenvalue weighted by Gasteiger charge is -2.12. The summed E-state index contributed by atoms with van der Waals surface area (Å²) in [7, 11) is 1.64. The van der Waals surface area contributed by atoms with Gasteiger partial charge in [0.05, 0.1) is 18.9 Å². The predicted octanol–water partition coefficient (Wildman–Crippen LogP) is 4.36. The van der Waals surface area contributed by atoms with E-state index in [1.165, 1.54) is 11.8 Å². The first-order valence-corrected chi connectivity index (χ1v) is 8.78. The monoisotopic (exact) mass is 360 g/mol. The van der Waals surface area contributed by atoms with Crippen molar-refractivity contribution in [3.8, 4) is 11.4 Å². The van der Waals surface area contributed by atoms with Crippen LogP contribution in [0, 0.1) is 0 Å². The van der Waals surface area contributed by atoms with E-state index in [1.807, 2.05) is 47.2 Å². The van der Waals surface area contributed by atoms with Crippen LogP contribution in [0.3, 0.4) is 0 Å². The Labute approximate surface area is 150 Å². The molecule has 3 aromatic rings. The van der Waals surface area contributed by atoms with Crippen molar-refractivity contribution in [1.29, 1.82) is 0 Å². The van der Waals surface area contributed by atoms with Crippen molar-refractivity contribution < 1.29 is 9.84 Å². The summed E-state index contributed by atoms with van der Waals surface area (Å²) in [5.41, 5.74) is 1.81. The minimum absolute atomic E-state index is 0.503. The van der Waals surface area contributed by atoms with E-state index in [1.54, 1.807) is 25.4 Å². The molecule has 0 spiro atoms. The molecule has 3 rings (SSSR count). The third-order valence-corrected chi connectivity index (χ3v) is 4.86. The molecule has 1 heterocycles. The predicted molar refractivity (Wildman–Crippen MR) is 97.3 cm³/mol. The zero-order valence-corrected chi connectivity index (χ0v) is 14.7. The van der Waals surface area contributed by atoms with Crippen LogP contribution in [0.25, 0.3) is 5.69 Å². The molecule has 0 bridgehead atoms. The molecular weight excluding hydrogens is 344 g/mol. The van der Waals surface area contributed by atoms with Crippen molar-refractivity contribution in [2.24, 2.45) is 0 Å². The van der Waals surface area contributed by atoms with Gasteiger partial charge in [-0.25, -0.2) is 4.98 Å². The lowest BCUT2D eigenvalue weighted by molar-refractivity contribution is 0.204. The Morgan fingerprint density at radius 1 is 1.25 bits per heavy atom. The fourth-order valence-corrected chi connectivity index (χ4v) is 3.35. The van der Waals surface area contributed by atoms with Crippen molar-refractivity contribution >= 4 is 23.4 Å². The molecule has 4 nitrogen and oxygen atoms in total. The molecule has 1 N–H and O–H groups in total. The molecule has 2 aromatic carbocycles. The number of halogens is 1. The van der Waals surface area contributed by atoms with E-state index in [-0.39, 0.29) is 0 Å². The van der Waals surface area contributed by atoms with E-state index in [0.29, 0.717) is 10.8 Å². The summed E-state index contributed by atoms with van der Waals surface area (Å²) in [5, 5.41) is 11.8. The molecule has 0 fully saturated rings. The van der Waals surface area contributed by atoms with Gasteiger partial charge in [0.2, 0.25) is 0 Å². The number of aromatic nitrogens is 2. The molecule has 0 saturated carbocycles. The van der Waals surface area contributed by atoms with Gasteiger partial charge in [0.15, 0.2) is 5.16 Å². The quantitative estimate of drug-likeness (QED) is 0.663. The van der Waals surface area contributed by atoms with Crippen LogP contribution >= 0.6 is 23.4 Å². The maximum absolute atomic E-state index is 10.3. The second kappa shape index (κ2) is 7.75. The summed E-state index contributed by atoms with van der Waals surface area (Å²) in [4.78, 5) is 4.38. The highest BCUT2D eigenvalue weighted by Gasteiger charge is 2.12. The SMILES string of the molecule is COc1cccc(-n2ccnc2SCC(O)c2ccc(Cl)cc2)c1. The minimum atomic E-state index is -0.581. The van der Waals surface area contributed by atoms with Gasteiger partial charge in [-0.2, -0.15) is 0 Å². The summed E-state index contributed by atoms with van der Waals surface area (Å²) < 4.78 is 7.24. The van der Waals surface area contributed by atoms with Gasteiger partial charge < -0.3 is 9.84 Å². The normalized spacial score (nSPS) is 12.1. The first-order chi connectivity index (χ1) is 11.7. The highest BCUT2D eigenvalue weighted by atomic mass is 35.5. The summed E-state index contributed by atoms with van der Waals surface area (Å²) >= 11 is 7.37. The van der Waals surface area contributed by atoms with Crippen molar-refractivity contribution in [3.05, 3.63) is 71.5 Å². The molecule has 0 aliphatic rings. The van der Waals surface area contributed by atoms with Crippen molar-refractivity contribution in [3.63, 3.8) is 0 Å². The number of methoxy groups -OCH3 is 1. The molecule has 1 unspecified atom stereocenters. The standard InChI is InChI=1S/C18H17ClN2O2S/c1-23-16-4-2-3-15(11-16)21-10-9-20-18(21)24-12-17(22)13-5-7-14(19)8-6-13/h2-11,17,22H,12H2,1H3. The van der Waals surface area contributed by atoms with Crippen LogP contribution in [0.5, 0.6) is 5.75 Å². The second-order valence-electron chi connectivity index (χ2n) is 5.16. The van der Waals surface area contributed by atoms with Gasteiger partial charge in [-0.1, -0.05) is 41.6 Å². The number of thioether (sulfide) groups is 1. The van der Waals surface area contributed by atoms with Crippen molar-refractivity contribution in [2.45, 2.75) is 11.3 Å². The molecule has 124 valence electrons. The van der Waals surface area contributed by atoms with Gasteiger partial charge in [0, 0.05) is 29.2 Å². The van der Waals surface area contributed by atoms with E-state index in [0.717, 1.165) is 22.2 Å². The molecule has 0 aliphatic carbocycles. The summed E-state index contributed by atoms with van der Waals surface area (Å²) in [6, 6.07) is 15.0. The van der Waals surface area contributed by atoms with Crippen LogP contribution in [0.2, 0.25) is 5.02 Å². The Morgan fingerprint density at radius 3 is 2.79 bits per heavy atom. The van der Waals surface area contributed by atoms with Gasteiger partial charge >= 0.3 is 0 Å². The fraction of sp³-hybridized carbons (Fsp3) is 0.167. The maximum atomic E-state index is 10.3. The molecule has 6 heteroatoms. The first-order valence-electron chi connectivity index (χ1n) is 7.41. The van der Waals surface area contributed by atoms with E-state index >= 15 is 0 Å². The van der Waals surface area contributed by atoms with Crippen LogP contribution in [0.1, 0.15) is 11.7 Å². The van der Waals surface area contributed by atoms with Crippen LogP contribution in [0.15, 0.2) is 66.1 Å². The lowest BCUT2D eigenvalue weighted by atomic mass is 10.1. The Morgan fingerprint density at radius 2 is 2.04 bits per heavy atom.